The molecule has 1 nitrogen and oxygen atoms in total. The van der Waals surface area contributed by atoms with Crippen molar-refractivity contribution in [2.45, 2.75) is 31.7 Å². The van der Waals surface area contributed by atoms with Crippen molar-refractivity contribution >= 4 is 23.2 Å². The minimum atomic E-state index is -0.306. The number of hydrogen-bond acceptors (Lipinski definition) is 1. The molecule has 0 heterocycles. The topological polar surface area (TPSA) is 26.0 Å². The molecule has 2 aromatic rings. The molecular weight excluding hydrogens is 308 g/mol. The van der Waals surface area contributed by atoms with E-state index in [1.165, 1.54) is 12.1 Å². The van der Waals surface area contributed by atoms with Gasteiger partial charge in [0, 0.05) is 21.5 Å². The molecule has 0 spiro atoms. The number of nitrogens with two attached hydrogens (primary N) is 1. The maximum Gasteiger partial charge on any atom is 0.123 e. The molecule has 4 heteroatoms. The van der Waals surface area contributed by atoms with E-state index in [-0.39, 0.29) is 17.3 Å². The zero-order valence-corrected chi connectivity index (χ0v) is 13.5. The van der Waals surface area contributed by atoms with Crippen LogP contribution in [0.4, 0.5) is 4.39 Å². The molecule has 0 saturated carbocycles. The molecule has 0 saturated heterocycles. The Hall–Kier alpha value is -1.09. The molecule has 2 aromatic carbocycles. The van der Waals surface area contributed by atoms with Crippen LogP contribution in [0.5, 0.6) is 0 Å². The smallest absolute Gasteiger partial charge is 0.123 e. The summed E-state index contributed by atoms with van der Waals surface area (Å²) in [7, 11) is 0. The lowest BCUT2D eigenvalue weighted by Gasteiger charge is -2.32. The van der Waals surface area contributed by atoms with E-state index in [1.54, 1.807) is 24.3 Å². The number of halogens is 3. The molecule has 0 fully saturated rings. The fourth-order valence-electron chi connectivity index (χ4n) is 2.29. The third kappa shape index (κ3) is 3.76. The highest BCUT2D eigenvalue weighted by atomic mass is 35.5. The van der Waals surface area contributed by atoms with Crippen LogP contribution in [0.2, 0.25) is 10.0 Å². The first-order valence-electron chi connectivity index (χ1n) is 6.76. The lowest BCUT2D eigenvalue weighted by molar-refractivity contribution is 0.406. The predicted octanol–water partition coefficient (Wildman–Crippen LogP) is 4.98. The zero-order chi connectivity index (χ0) is 15.6. The third-order valence-electron chi connectivity index (χ3n) is 3.96. The minimum absolute atomic E-state index is 0.168. The molecule has 0 aromatic heterocycles. The molecule has 1 unspecified atom stereocenters. The Morgan fingerprint density at radius 1 is 1.10 bits per heavy atom. The predicted molar refractivity (Wildman–Crippen MR) is 87.6 cm³/mol. The van der Waals surface area contributed by atoms with Gasteiger partial charge in [0.25, 0.3) is 0 Å². The maximum absolute atomic E-state index is 13.1. The highest BCUT2D eigenvalue weighted by Crippen LogP contribution is 2.30. The van der Waals surface area contributed by atoms with Gasteiger partial charge in [0.15, 0.2) is 0 Å². The molecule has 1 atom stereocenters. The zero-order valence-electron chi connectivity index (χ0n) is 12.0. The molecule has 0 radical (unpaired) electrons. The van der Waals surface area contributed by atoms with Gasteiger partial charge in [0.1, 0.15) is 5.82 Å². The van der Waals surface area contributed by atoms with Crippen molar-refractivity contribution in [2.24, 2.45) is 5.73 Å². The average Bonchev–Trinajstić information content (AvgIpc) is 2.43. The summed E-state index contributed by atoms with van der Waals surface area (Å²) in [6.45, 7) is 4.09. The third-order valence-corrected chi connectivity index (χ3v) is 4.57. The highest BCUT2D eigenvalue weighted by Gasteiger charge is 2.29. The second-order valence-corrected chi connectivity index (χ2v) is 6.62. The van der Waals surface area contributed by atoms with Gasteiger partial charge in [-0.3, -0.25) is 0 Å². The Morgan fingerprint density at radius 2 is 1.71 bits per heavy atom. The van der Waals surface area contributed by atoms with Crippen LogP contribution in [-0.4, -0.2) is 6.04 Å². The summed E-state index contributed by atoms with van der Waals surface area (Å²) in [5, 5.41) is 1.30. The fourth-order valence-corrected chi connectivity index (χ4v) is 2.67. The summed E-state index contributed by atoms with van der Waals surface area (Å²) in [5.41, 5.74) is 7.99. The second kappa shape index (κ2) is 6.35. The minimum Gasteiger partial charge on any atom is -0.327 e. The van der Waals surface area contributed by atoms with E-state index >= 15 is 0 Å². The van der Waals surface area contributed by atoms with Crippen LogP contribution < -0.4 is 5.73 Å². The average molecular weight is 326 g/mol. The Bertz CT molecular complexity index is 623. The van der Waals surface area contributed by atoms with Gasteiger partial charge in [-0.15, -0.1) is 0 Å². The summed E-state index contributed by atoms with van der Waals surface area (Å²) < 4.78 is 13.1. The first-order valence-corrected chi connectivity index (χ1v) is 7.52. The van der Waals surface area contributed by atoms with E-state index < -0.39 is 0 Å². The molecular formula is C17H18Cl2FN. The van der Waals surface area contributed by atoms with E-state index in [4.69, 9.17) is 28.9 Å². The maximum atomic E-state index is 13.1. The van der Waals surface area contributed by atoms with E-state index in [0.717, 1.165) is 11.1 Å². The van der Waals surface area contributed by atoms with Crippen LogP contribution in [0, 0.1) is 5.82 Å². The molecule has 0 aliphatic heterocycles. The molecule has 2 rings (SSSR count). The summed E-state index contributed by atoms with van der Waals surface area (Å²) in [4.78, 5) is 0. The second-order valence-electron chi connectivity index (χ2n) is 5.77. The van der Waals surface area contributed by atoms with Crippen LogP contribution in [-0.2, 0) is 11.8 Å². The first-order chi connectivity index (χ1) is 9.80. The van der Waals surface area contributed by atoms with E-state index in [1.807, 2.05) is 19.9 Å². The number of hydrogen-bond donors (Lipinski definition) is 1. The Balaban J connectivity index is 2.23. The van der Waals surface area contributed by atoms with Crippen LogP contribution in [0.15, 0.2) is 42.5 Å². The SMILES string of the molecule is CC(C)(c1ccc(F)cc1)C(N)Cc1cc(Cl)ccc1Cl. The summed E-state index contributed by atoms with van der Waals surface area (Å²) in [6, 6.07) is 11.7. The van der Waals surface area contributed by atoms with Gasteiger partial charge in [0.05, 0.1) is 0 Å². The van der Waals surface area contributed by atoms with Gasteiger partial charge in [0.2, 0.25) is 0 Å². The van der Waals surface area contributed by atoms with Crippen molar-refractivity contribution in [1.82, 2.24) is 0 Å². The van der Waals surface area contributed by atoms with Crippen LogP contribution in [0.1, 0.15) is 25.0 Å². The standard InChI is InChI=1S/C17H18Cl2FN/c1-17(2,12-3-6-14(20)7-4-12)16(21)10-11-9-13(18)5-8-15(11)19/h3-9,16H,10,21H2,1-2H3. The highest BCUT2D eigenvalue weighted by molar-refractivity contribution is 6.33. The van der Waals surface area contributed by atoms with Gasteiger partial charge in [-0.25, -0.2) is 4.39 Å². The van der Waals surface area contributed by atoms with Crippen molar-refractivity contribution in [2.75, 3.05) is 0 Å². The molecule has 0 amide bonds. The summed E-state index contributed by atoms with van der Waals surface area (Å²) in [6.07, 6.45) is 0.601. The lowest BCUT2D eigenvalue weighted by Crippen LogP contribution is -2.42. The molecule has 0 bridgehead atoms. The Morgan fingerprint density at radius 3 is 2.33 bits per heavy atom. The van der Waals surface area contributed by atoms with Crippen molar-refractivity contribution < 1.29 is 4.39 Å². The van der Waals surface area contributed by atoms with Crippen LogP contribution in [0.3, 0.4) is 0 Å². The fraction of sp³-hybridized carbons (Fsp3) is 0.294. The van der Waals surface area contributed by atoms with Gasteiger partial charge >= 0.3 is 0 Å². The summed E-state index contributed by atoms with van der Waals surface area (Å²) in [5.74, 6) is -0.249. The van der Waals surface area contributed by atoms with E-state index in [0.29, 0.717) is 16.5 Å². The Kier molecular flexibility index (Phi) is 4.92. The molecule has 21 heavy (non-hydrogen) atoms. The van der Waals surface area contributed by atoms with Gasteiger partial charge < -0.3 is 5.73 Å². The summed E-state index contributed by atoms with van der Waals surface area (Å²) >= 11 is 12.2. The normalized spacial score (nSPS) is 13.2. The quantitative estimate of drug-likeness (QED) is 0.842. The van der Waals surface area contributed by atoms with E-state index in [2.05, 4.69) is 0 Å². The number of benzene rings is 2. The largest absolute Gasteiger partial charge is 0.327 e. The van der Waals surface area contributed by atoms with E-state index in [9.17, 15) is 4.39 Å². The Labute approximate surface area is 134 Å². The van der Waals surface area contributed by atoms with Crippen LogP contribution >= 0.6 is 23.2 Å². The van der Waals surface area contributed by atoms with Gasteiger partial charge in [-0.1, -0.05) is 49.2 Å². The van der Waals surface area contributed by atoms with Crippen molar-refractivity contribution in [3.05, 3.63) is 69.5 Å². The van der Waals surface area contributed by atoms with Crippen molar-refractivity contribution in [1.29, 1.82) is 0 Å². The monoisotopic (exact) mass is 325 g/mol. The van der Waals surface area contributed by atoms with Crippen LogP contribution in [0.25, 0.3) is 0 Å². The number of rotatable bonds is 4. The van der Waals surface area contributed by atoms with Crippen molar-refractivity contribution in [3.8, 4) is 0 Å². The van der Waals surface area contributed by atoms with Crippen molar-refractivity contribution in [3.63, 3.8) is 0 Å². The molecule has 0 aliphatic rings. The lowest BCUT2D eigenvalue weighted by atomic mass is 9.76. The van der Waals surface area contributed by atoms with Gasteiger partial charge in [-0.2, -0.15) is 0 Å². The molecule has 112 valence electrons. The first kappa shape index (κ1) is 16.3. The molecule has 2 N–H and O–H groups in total. The van der Waals surface area contributed by atoms with Gasteiger partial charge in [-0.05, 0) is 47.9 Å². The molecule has 0 aliphatic carbocycles.